The highest BCUT2D eigenvalue weighted by molar-refractivity contribution is 5.30. The van der Waals surface area contributed by atoms with E-state index >= 15 is 0 Å². The second-order valence-electron chi connectivity index (χ2n) is 4.45. The molecule has 1 aliphatic carbocycles. The lowest BCUT2D eigenvalue weighted by molar-refractivity contribution is 0.632. The van der Waals surface area contributed by atoms with Gasteiger partial charge in [0.1, 0.15) is 0 Å². The average Bonchev–Trinajstić information content (AvgIpc) is 2.37. The van der Waals surface area contributed by atoms with Gasteiger partial charge in [0.25, 0.3) is 5.56 Å². The SMILES string of the molecule is NCCNCCc1n[nH]c(=O)c2c1CCCC2. The van der Waals surface area contributed by atoms with Gasteiger partial charge in [-0.3, -0.25) is 4.79 Å². The molecule has 0 bridgehead atoms. The van der Waals surface area contributed by atoms with E-state index in [2.05, 4.69) is 15.5 Å². The van der Waals surface area contributed by atoms with Crippen molar-refractivity contribution in [1.82, 2.24) is 15.5 Å². The van der Waals surface area contributed by atoms with E-state index in [0.29, 0.717) is 6.54 Å². The monoisotopic (exact) mass is 236 g/mol. The number of nitrogens with one attached hydrogen (secondary N) is 2. The van der Waals surface area contributed by atoms with Crippen molar-refractivity contribution in [3.63, 3.8) is 0 Å². The molecule has 0 unspecified atom stereocenters. The van der Waals surface area contributed by atoms with Crippen molar-refractivity contribution < 1.29 is 0 Å². The Morgan fingerprint density at radius 2 is 2.00 bits per heavy atom. The number of fused-ring (bicyclic) bond motifs is 1. The predicted octanol–water partition coefficient (Wildman–Crippen LogP) is -0.261. The zero-order valence-corrected chi connectivity index (χ0v) is 10.1. The Bertz CT molecular complexity index is 427. The molecule has 5 heteroatoms. The minimum Gasteiger partial charge on any atom is -0.329 e. The van der Waals surface area contributed by atoms with E-state index in [-0.39, 0.29) is 5.56 Å². The van der Waals surface area contributed by atoms with Crippen LogP contribution in [0.1, 0.15) is 29.7 Å². The van der Waals surface area contributed by atoms with Crippen molar-refractivity contribution >= 4 is 0 Å². The lowest BCUT2D eigenvalue weighted by Crippen LogP contribution is -2.27. The summed E-state index contributed by atoms with van der Waals surface area (Å²) in [6.07, 6.45) is 5.04. The van der Waals surface area contributed by atoms with E-state index < -0.39 is 0 Å². The highest BCUT2D eigenvalue weighted by Gasteiger charge is 2.17. The van der Waals surface area contributed by atoms with Gasteiger partial charge in [-0.15, -0.1) is 0 Å². The van der Waals surface area contributed by atoms with Crippen LogP contribution in [0.3, 0.4) is 0 Å². The summed E-state index contributed by atoms with van der Waals surface area (Å²) in [6, 6.07) is 0. The largest absolute Gasteiger partial charge is 0.329 e. The summed E-state index contributed by atoms with van der Waals surface area (Å²) in [5.41, 5.74) is 8.60. The molecule has 1 aliphatic rings. The van der Waals surface area contributed by atoms with Crippen LogP contribution in [0.5, 0.6) is 0 Å². The molecule has 0 saturated carbocycles. The van der Waals surface area contributed by atoms with E-state index in [1.165, 1.54) is 12.0 Å². The fourth-order valence-corrected chi connectivity index (χ4v) is 2.37. The predicted molar refractivity (Wildman–Crippen MR) is 67.1 cm³/mol. The molecule has 0 amide bonds. The minimum absolute atomic E-state index is 0.00151. The Balaban J connectivity index is 2.09. The summed E-state index contributed by atoms with van der Waals surface area (Å²) >= 11 is 0. The van der Waals surface area contributed by atoms with Gasteiger partial charge in [-0.1, -0.05) is 0 Å². The Morgan fingerprint density at radius 3 is 2.76 bits per heavy atom. The van der Waals surface area contributed by atoms with Gasteiger partial charge in [0.2, 0.25) is 0 Å². The van der Waals surface area contributed by atoms with Crippen LogP contribution in [-0.4, -0.2) is 29.8 Å². The number of rotatable bonds is 5. The molecule has 0 atom stereocenters. The van der Waals surface area contributed by atoms with E-state index in [9.17, 15) is 4.79 Å². The number of aromatic nitrogens is 2. The van der Waals surface area contributed by atoms with Gasteiger partial charge >= 0.3 is 0 Å². The number of hydrogen-bond acceptors (Lipinski definition) is 4. The quantitative estimate of drug-likeness (QED) is 0.615. The molecule has 1 heterocycles. The molecule has 0 saturated heterocycles. The molecule has 5 nitrogen and oxygen atoms in total. The molecule has 17 heavy (non-hydrogen) atoms. The normalized spacial score (nSPS) is 14.6. The number of hydrogen-bond donors (Lipinski definition) is 3. The molecule has 0 fully saturated rings. The number of aromatic amines is 1. The van der Waals surface area contributed by atoms with Crippen molar-refractivity contribution in [3.05, 3.63) is 27.2 Å². The fraction of sp³-hybridized carbons (Fsp3) is 0.667. The van der Waals surface area contributed by atoms with Crippen molar-refractivity contribution in [1.29, 1.82) is 0 Å². The van der Waals surface area contributed by atoms with E-state index in [4.69, 9.17) is 5.73 Å². The van der Waals surface area contributed by atoms with Crippen LogP contribution >= 0.6 is 0 Å². The maximum atomic E-state index is 11.6. The van der Waals surface area contributed by atoms with Gasteiger partial charge in [0.15, 0.2) is 0 Å². The third-order valence-electron chi connectivity index (χ3n) is 3.24. The van der Waals surface area contributed by atoms with Crippen LogP contribution in [0.4, 0.5) is 0 Å². The van der Waals surface area contributed by atoms with Gasteiger partial charge < -0.3 is 11.1 Å². The lowest BCUT2D eigenvalue weighted by Gasteiger charge is -2.17. The van der Waals surface area contributed by atoms with E-state index in [1.807, 2.05) is 0 Å². The third-order valence-corrected chi connectivity index (χ3v) is 3.24. The number of H-pyrrole nitrogens is 1. The van der Waals surface area contributed by atoms with Gasteiger partial charge in [-0.25, -0.2) is 5.10 Å². The Kier molecular flexibility index (Phi) is 4.28. The molecule has 1 aromatic rings. The molecule has 4 N–H and O–H groups in total. The zero-order chi connectivity index (χ0) is 12.1. The van der Waals surface area contributed by atoms with E-state index in [1.54, 1.807) is 0 Å². The second kappa shape index (κ2) is 5.93. The van der Waals surface area contributed by atoms with Gasteiger partial charge in [0, 0.05) is 31.6 Å². The second-order valence-corrected chi connectivity index (χ2v) is 4.45. The van der Waals surface area contributed by atoms with Crippen LogP contribution in [0, 0.1) is 0 Å². The maximum Gasteiger partial charge on any atom is 0.267 e. The van der Waals surface area contributed by atoms with E-state index in [0.717, 1.165) is 50.0 Å². The van der Waals surface area contributed by atoms with Crippen LogP contribution in [0.25, 0.3) is 0 Å². The summed E-state index contributed by atoms with van der Waals surface area (Å²) in [4.78, 5) is 11.6. The Morgan fingerprint density at radius 1 is 1.24 bits per heavy atom. The lowest BCUT2D eigenvalue weighted by atomic mass is 9.91. The van der Waals surface area contributed by atoms with Gasteiger partial charge in [-0.2, -0.15) is 5.10 Å². The minimum atomic E-state index is -0.00151. The molecular weight excluding hydrogens is 216 g/mol. The maximum absolute atomic E-state index is 11.6. The van der Waals surface area contributed by atoms with Crippen LogP contribution in [-0.2, 0) is 19.3 Å². The third kappa shape index (κ3) is 2.92. The number of nitrogens with two attached hydrogens (primary N) is 1. The van der Waals surface area contributed by atoms with Crippen molar-refractivity contribution in [2.45, 2.75) is 32.1 Å². The standard InChI is InChI=1S/C12H20N4O/c13-6-8-14-7-5-11-9-3-1-2-4-10(9)12(17)16-15-11/h14H,1-8,13H2,(H,16,17). The topological polar surface area (TPSA) is 83.8 Å². The molecule has 0 aromatic carbocycles. The van der Waals surface area contributed by atoms with Crippen molar-refractivity contribution in [3.8, 4) is 0 Å². The van der Waals surface area contributed by atoms with Gasteiger partial charge in [0.05, 0.1) is 5.69 Å². The Labute approximate surface area is 101 Å². The summed E-state index contributed by atoms with van der Waals surface area (Å²) in [7, 11) is 0. The molecule has 0 aliphatic heterocycles. The summed E-state index contributed by atoms with van der Waals surface area (Å²) in [6.45, 7) is 2.34. The highest BCUT2D eigenvalue weighted by atomic mass is 16.1. The van der Waals surface area contributed by atoms with Crippen LogP contribution in [0.2, 0.25) is 0 Å². The first-order valence-electron chi connectivity index (χ1n) is 6.33. The highest BCUT2D eigenvalue weighted by Crippen LogP contribution is 2.19. The zero-order valence-electron chi connectivity index (χ0n) is 10.1. The summed E-state index contributed by atoms with van der Waals surface area (Å²) in [5, 5.41) is 10.0. The van der Waals surface area contributed by atoms with Crippen LogP contribution < -0.4 is 16.6 Å². The average molecular weight is 236 g/mol. The molecule has 2 rings (SSSR count). The number of nitrogens with zero attached hydrogens (tertiary/aromatic N) is 1. The summed E-state index contributed by atoms with van der Waals surface area (Å²) < 4.78 is 0. The molecule has 1 aromatic heterocycles. The van der Waals surface area contributed by atoms with Crippen molar-refractivity contribution in [2.75, 3.05) is 19.6 Å². The molecule has 94 valence electrons. The Hall–Kier alpha value is -1.20. The summed E-state index contributed by atoms with van der Waals surface area (Å²) in [5.74, 6) is 0. The van der Waals surface area contributed by atoms with Gasteiger partial charge in [-0.05, 0) is 31.2 Å². The first-order chi connectivity index (χ1) is 8.33. The first-order valence-corrected chi connectivity index (χ1v) is 6.33. The smallest absolute Gasteiger partial charge is 0.267 e. The first kappa shape index (κ1) is 12.3. The molecule has 0 spiro atoms. The molecular formula is C12H20N4O. The van der Waals surface area contributed by atoms with Crippen LogP contribution in [0.15, 0.2) is 4.79 Å². The fourth-order valence-electron chi connectivity index (χ4n) is 2.37. The molecule has 0 radical (unpaired) electrons. The van der Waals surface area contributed by atoms with Crippen molar-refractivity contribution in [2.24, 2.45) is 5.73 Å².